The first kappa shape index (κ1) is 20.4. The van der Waals surface area contributed by atoms with E-state index in [1.807, 2.05) is 30.3 Å². The van der Waals surface area contributed by atoms with Gasteiger partial charge in [0.25, 0.3) is 0 Å². The van der Waals surface area contributed by atoms with Gasteiger partial charge in [0.2, 0.25) is 6.23 Å². The molecule has 2 nitrogen and oxygen atoms in total. The molecule has 2 heterocycles. The fraction of sp³-hybridized carbons (Fsp3) is 0.292. The Kier molecular flexibility index (Phi) is 5.82. The van der Waals surface area contributed by atoms with Crippen molar-refractivity contribution < 1.29 is 9.13 Å². The monoisotopic (exact) mass is 547 g/mol. The summed E-state index contributed by atoms with van der Waals surface area (Å²) in [7, 11) is 0. The van der Waals surface area contributed by atoms with Crippen LogP contribution in [0.3, 0.4) is 0 Å². The van der Waals surface area contributed by atoms with E-state index in [9.17, 15) is 4.39 Å². The smallest absolute Gasteiger partial charge is 0.225 e. The quantitative estimate of drug-likeness (QED) is 0.307. The van der Waals surface area contributed by atoms with Gasteiger partial charge in [-0.05, 0) is 60.7 Å². The minimum atomic E-state index is -0.437. The lowest BCUT2D eigenvalue weighted by molar-refractivity contribution is 0.213. The van der Waals surface area contributed by atoms with E-state index < -0.39 is 6.23 Å². The van der Waals surface area contributed by atoms with Gasteiger partial charge in [-0.25, -0.2) is 9.38 Å². The number of halogens is 3. The molecule has 1 fully saturated rings. The predicted molar refractivity (Wildman–Crippen MR) is 127 cm³/mol. The lowest BCUT2D eigenvalue weighted by Crippen LogP contribution is -2.20. The highest BCUT2D eigenvalue weighted by Crippen LogP contribution is 2.40. The average molecular weight is 549 g/mol. The van der Waals surface area contributed by atoms with Crippen LogP contribution in [0.15, 0.2) is 62.5 Å². The number of fused-ring (bicyclic) bond motifs is 1. The highest BCUT2D eigenvalue weighted by atomic mass is 79.9. The van der Waals surface area contributed by atoms with E-state index in [4.69, 9.17) is 9.73 Å². The molecule has 0 spiro atoms. The largest absolute Gasteiger partial charge is 0.463 e. The molecule has 1 aliphatic carbocycles. The Morgan fingerprint density at radius 2 is 1.93 bits per heavy atom. The van der Waals surface area contributed by atoms with Gasteiger partial charge in [-0.3, -0.25) is 0 Å². The van der Waals surface area contributed by atoms with Gasteiger partial charge in [-0.1, -0.05) is 56.8 Å². The summed E-state index contributed by atoms with van der Waals surface area (Å²) >= 11 is 8.67. The van der Waals surface area contributed by atoms with Crippen molar-refractivity contribution in [3.63, 3.8) is 0 Å². The molecule has 0 N–H and O–H groups in total. The van der Waals surface area contributed by atoms with E-state index in [0.29, 0.717) is 22.2 Å². The molecule has 2 aliphatic rings. The van der Waals surface area contributed by atoms with E-state index in [0.717, 1.165) is 33.0 Å². The zero-order valence-electron chi connectivity index (χ0n) is 16.2. The molecule has 1 saturated carbocycles. The molecule has 3 aromatic rings. The summed E-state index contributed by atoms with van der Waals surface area (Å²) < 4.78 is 22.7. The van der Waals surface area contributed by atoms with Crippen LogP contribution in [-0.4, -0.2) is 5.71 Å². The summed E-state index contributed by atoms with van der Waals surface area (Å²) in [5.41, 5.74) is 2.26. The molecule has 0 bridgehead atoms. The van der Waals surface area contributed by atoms with Crippen molar-refractivity contribution in [1.29, 1.82) is 0 Å². The molecule has 0 amide bonds. The van der Waals surface area contributed by atoms with Crippen LogP contribution in [0.1, 0.15) is 46.4 Å². The first-order valence-corrected chi connectivity index (χ1v) is 12.5. The van der Waals surface area contributed by atoms with E-state index >= 15 is 0 Å². The molecule has 30 heavy (non-hydrogen) atoms. The lowest BCUT2D eigenvalue weighted by atomic mass is 9.99. The molecule has 5 rings (SSSR count). The number of ether oxygens (including phenoxy) is 1. The fourth-order valence-electron chi connectivity index (χ4n) is 3.79. The maximum Gasteiger partial charge on any atom is 0.225 e. The maximum absolute atomic E-state index is 14.9. The van der Waals surface area contributed by atoms with Crippen molar-refractivity contribution in [3.8, 4) is 5.75 Å². The lowest BCUT2D eigenvalue weighted by Gasteiger charge is -2.25. The van der Waals surface area contributed by atoms with Crippen molar-refractivity contribution in [3.05, 3.63) is 84.2 Å². The number of aryl methyl sites for hydroxylation is 1. The molecule has 0 radical (unpaired) electrons. The Labute approximate surface area is 196 Å². The second kappa shape index (κ2) is 8.56. The number of aliphatic imine (C=N–C) groups is 1. The van der Waals surface area contributed by atoms with Gasteiger partial charge in [0.05, 0.1) is 16.2 Å². The fourth-order valence-corrected chi connectivity index (χ4v) is 5.64. The standard InChI is InChI=1S/C24H20Br2FNOS/c25-16-3-1-2-15(10-16)11-20-23-19(27)12-17(26)13-21(23)29-24(28-20)22-9-8-18(30-22)7-6-14-4-5-14/h1-3,8-10,12-14,24H,4-7,11H2. The van der Waals surface area contributed by atoms with Crippen molar-refractivity contribution >= 4 is 48.9 Å². The van der Waals surface area contributed by atoms with Crippen LogP contribution in [0.5, 0.6) is 5.75 Å². The molecule has 1 atom stereocenters. The summed E-state index contributed by atoms with van der Waals surface area (Å²) in [6.07, 6.45) is 5.25. The summed E-state index contributed by atoms with van der Waals surface area (Å²) in [6.45, 7) is 0. The Morgan fingerprint density at radius 1 is 1.07 bits per heavy atom. The summed E-state index contributed by atoms with van der Waals surface area (Å²) in [6, 6.07) is 15.7. The number of nitrogens with zero attached hydrogens (tertiary/aromatic N) is 1. The molecule has 1 aliphatic heterocycles. The predicted octanol–water partition coefficient (Wildman–Crippen LogP) is 7.88. The normalized spacial score (nSPS) is 18.0. The van der Waals surface area contributed by atoms with Crippen LogP contribution in [0.4, 0.5) is 4.39 Å². The van der Waals surface area contributed by atoms with Crippen LogP contribution in [0.25, 0.3) is 0 Å². The number of hydrogen-bond acceptors (Lipinski definition) is 3. The third kappa shape index (κ3) is 4.56. The van der Waals surface area contributed by atoms with Crippen LogP contribution in [0.2, 0.25) is 0 Å². The Hall–Kier alpha value is -1.50. The van der Waals surface area contributed by atoms with Crippen LogP contribution >= 0.6 is 43.2 Å². The topological polar surface area (TPSA) is 21.6 Å². The van der Waals surface area contributed by atoms with Gasteiger partial charge in [0.15, 0.2) is 0 Å². The minimum absolute atomic E-state index is 0.317. The maximum atomic E-state index is 14.9. The third-order valence-corrected chi connectivity index (χ3v) is 7.63. The molecule has 0 saturated heterocycles. The van der Waals surface area contributed by atoms with E-state index in [2.05, 4.69) is 44.0 Å². The third-order valence-electron chi connectivity index (χ3n) is 5.50. The van der Waals surface area contributed by atoms with E-state index in [-0.39, 0.29) is 5.82 Å². The second-order valence-corrected chi connectivity index (χ2v) is 10.9. The number of hydrogen-bond donors (Lipinski definition) is 0. The van der Waals surface area contributed by atoms with Crippen LogP contribution < -0.4 is 4.74 Å². The number of thiophene rings is 1. The van der Waals surface area contributed by atoms with Gasteiger partial charge in [-0.15, -0.1) is 11.3 Å². The molecule has 6 heteroatoms. The molecule has 1 unspecified atom stereocenters. The first-order valence-electron chi connectivity index (χ1n) is 10.1. The van der Waals surface area contributed by atoms with Crippen molar-refractivity contribution in [2.24, 2.45) is 10.9 Å². The van der Waals surface area contributed by atoms with Gasteiger partial charge < -0.3 is 4.74 Å². The van der Waals surface area contributed by atoms with E-state index in [1.54, 1.807) is 11.3 Å². The number of benzene rings is 2. The SMILES string of the molecule is Fc1cc(Br)cc2c1C(Cc1cccc(Br)c1)=NC(c1ccc(CCC3CC3)s1)O2. The van der Waals surface area contributed by atoms with Gasteiger partial charge in [0, 0.05) is 20.2 Å². The highest BCUT2D eigenvalue weighted by Gasteiger charge is 2.28. The van der Waals surface area contributed by atoms with Gasteiger partial charge in [-0.2, -0.15) is 0 Å². The van der Waals surface area contributed by atoms with Crippen molar-refractivity contribution in [2.45, 2.75) is 38.3 Å². The Morgan fingerprint density at radius 3 is 2.73 bits per heavy atom. The summed E-state index contributed by atoms with van der Waals surface area (Å²) in [4.78, 5) is 7.30. The summed E-state index contributed by atoms with van der Waals surface area (Å²) in [5, 5.41) is 0. The molecular weight excluding hydrogens is 529 g/mol. The zero-order chi connectivity index (χ0) is 20.7. The second-order valence-electron chi connectivity index (χ2n) is 7.90. The molecule has 154 valence electrons. The van der Waals surface area contributed by atoms with Crippen LogP contribution in [0, 0.1) is 11.7 Å². The molecule has 1 aromatic heterocycles. The first-order chi connectivity index (χ1) is 14.5. The van der Waals surface area contributed by atoms with Gasteiger partial charge >= 0.3 is 0 Å². The summed E-state index contributed by atoms with van der Waals surface area (Å²) in [5.74, 6) is 1.14. The zero-order valence-corrected chi connectivity index (χ0v) is 20.2. The molecular formula is C24H20Br2FNOS. The minimum Gasteiger partial charge on any atom is -0.463 e. The van der Waals surface area contributed by atoms with E-state index in [1.165, 1.54) is 30.2 Å². The Bertz CT molecular complexity index is 1120. The average Bonchev–Trinajstić information content (AvgIpc) is 3.41. The number of rotatable bonds is 6. The van der Waals surface area contributed by atoms with Gasteiger partial charge in [0.1, 0.15) is 11.6 Å². The highest BCUT2D eigenvalue weighted by molar-refractivity contribution is 9.10. The van der Waals surface area contributed by atoms with Crippen molar-refractivity contribution in [1.82, 2.24) is 0 Å². The van der Waals surface area contributed by atoms with Crippen LogP contribution in [-0.2, 0) is 12.8 Å². The van der Waals surface area contributed by atoms with Crippen molar-refractivity contribution in [2.75, 3.05) is 0 Å². The molecule has 2 aromatic carbocycles. The Balaban J connectivity index is 1.47.